The van der Waals surface area contributed by atoms with Gasteiger partial charge in [0.25, 0.3) is 0 Å². The van der Waals surface area contributed by atoms with E-state index in [4.69, 9.17) is 4.98 Å². The number of anilines is 2. The highest BCUT2D eigenvalue weighted by Crippen LogP contribution is 2.29. The minimum absolute atomic E-state index is 0.539. The largest absolute Gasteiger partial charge is 0.367 e. The Morgan fingerprint density at radius 3 is 2.81 bits per heavy atom. The molecule has 2 atom stereocenters. The fourth-order valence-electron chi connectivity index (χ4n) is 3.03. The quantitative estimate of drug-likeness (QED) is 0.869. The fraction of sp³-hybridized carbons (Fsp3) is 0.529. The van der Waals surface area contributed by atoms with Gasteiger partial charge in [-0.2, -0.15) is 4.98 Å². The third-order valence-electron chi connectivity index (χ3n) is 4.17. The summed E-state index contributed by atoms with van der Waals surface area (Å²) in [5, 5.41) is 8.05. The normalized spacial score (nSPS) is 21.6. The number of benzene rings is 1. The molecule has 0 bridgehead atoms. The van der Waals surface area contributed by atoms with E-state index in [9.17, 15) is 0 Å². The predicted molar refractivity (Wildman–Crippen MR) is 88.7 cm³/mol. The van der Waals surface area contributed by atoms with Crippen molar-refractivity contribution in [3.8, 4) is 0 Å². The van der Waals surface area contributed by atoms with Gasteiger partial charge in [-0.3, -0.25) is 0 Å². The second-order valence-electron chi connectivity index (χ2n) is 6.10. The third-order valence-corrected chi connectivity index (χ3v) is 4.17. The smallest absolute Gasteiger partial charge is 0.225 e. The average molecular weight is 284 g/mol. The maximum Gasteiger partial charge on any atom is 0.225 e. The lowest BCUT2D eigenvalue weighted by Crippen LogP contribution is -2.17. The van der Waals surface area contributed by atoms with Crippen LogP contribution in [0.25, 0.3) is 10.9 Å². The molecule has 1 fully saturated rings. The first-order valence-electron chi connectivity index (χ1n) is 8.03. The Hall–Kier alpha value is -1.84. The number of hydrogen-bond acceptors (Lipinski definition) is 4. The van der Waals surface area contributed by atoms with E-state index < -0.39 is 0 Å². The first-order valence-corrected chi connectivity index (χ1v) is 8.03. The number of aromatic nitrogens is 2. The summed E-state index contributed by atoms with van der Waals surface area (Å²) in [4.78, 5) is 9.29. The van der Waals surface area contributed by atoms with Crippen LogP contribution in [0.5, 0.6) is 0 Å². The number of fused-ring (bicyclic) bond motifs is 1. The van der Waals surface area contributed by atoms with Gasteiger partial charge in [0.2, 0.25) is 5.95 Å². The van der Waals surface area contributed by atoms with E-state index in [1.165, 1.54) is 19.3 Å². The number of rotatable bonds is 5. The summed E-state index contributed by atoms with van der Waals surface area (Å²) in [5.41, 5.74) is 1.000. The molecular formula is C17H24N4. The van der Waals surface area contributed by atoms with Gasteiger partial charge in [-0.1, -0.05) is 26.0 Å². The Morgan fingerprint density at radius 2 is 2.05 bits per heavy atom. The molecule has 1 heterocycles. The summed E-state index contributed by atoms with van der Waals surface area (Å²) >= 11 is 0. The SMILES string of the molecule is CCCNc1nc(NC2CCC(C)C2)c2ccccc2n1. The van der Waals surface area contributed by atoms with Crippen molar-refractivity contribution < 1.29 is 0 Å². The number of para-hydroxylation sites is 1. The van der Waals surface area contributed by atoms with E-state index in [2.05, 4.69) is 41.6 Å². The average Bonchev–Trinajstić information content (AvgIpc) is 2.90. The van der Waals surface area contributed by atoms with Crippen molar-refractivity contribution in [2.45, 2.75) is 45.6 Å². The molecule has 2 unspecified atom stereocenters. The van der Waals surface area contributed by atoms with Crippen molar-refractivity contribution in [3.05, 3.63) is 24.3 Å². The summed E-state index contributed by atoms with van der Waals surface area (Å²) in [5.74, 6) is 2.51. The highest BCUT2D eigenvalue weighted by atomic mass is 15.1. The highest BCUT2D eigenvalue weighted by Gasteiger charge is 2.22. The van der Waals surface area contributed by atoms with Gasteiger partial charge in [0.1, 0.15) is 5.82 Å². The molecule has 1 aromatic carbocycles. The van der Waals surface area contributed by atoms with Gasteiger partial charge in [0.15, 0.2) is 0 Å². The Labute approximate surface area is 126 Å². The molecule has 1 aromatic heterocycles. The summed E-state index contributed by atoms with van der Waals surface area (Å²) in [7, 11) is 0. The molecule has 0 amide bonds. The maximum atomic E-state index is 4.69. The zero-order valence-corrected chi connectivity index (χ0v) is 12.9. The van der Waals surface area contributed by atoms with Crippen molar-refractivity contribution in [1.29, 1.82) is 0 Å². The van der Waals surface area contributed by atoms with Gasteiger partial charge >= 0.3 is 0 Å². The molecule has 112 valence electrons. The molecule has 4 nitrogen and oxygen atoms in total. The predicted octanol–water partition coefficient (Wildman–Crippen LogP) is 4.05. The molecule has 1 saturated carbocycles. The van der Waals surface area contributed by atoms with Crippen molar-refractivity contribution in [3.63, 3.8) is 0 Å². The van der Waals surface area contributed by atoms with Crippen molar-refractivity contribution in [2.75, 3.05) is 17.2 Å². The molecule has 0 aliphatic heterocycles. The second kappa shape index (κ2) is 6.29. The van der Waals surface area contributed by atoms with E-state index in [1.54, 1.807) is 0 Å². The van der Waals surface area contributed by atoms with Crippen molar-refractivity contribution in [2.24, 2.45) is 5.92 Å². The standard InChI is InChI=1S/C17H24N4/c1-3-10-18-17-20-15-7-5-4-6-14(15)16(21-17)19-13-9-8-12(2)11-13/h4-7,12-13H,3,8-11H2,1-2H3,(H2,18,19,20,21). The number of nitrogens with one attached hydrogen (secondary N) is 2. The lowest BCUT2D eigenvalue weighted by molar-refractivity contribution is 0.602. The van der Waals surface area contributed by atoms with Crippen LogP contribution in [0.3, 0.4) is 0 Å². The zero-order valence-electron chi connectivity index (χ0n) is 12.9. The molecule has 0 saturated heterocycles. The summed E-state index contributed by atoms with van der Waals surface area (Å²) in [6.45, 7) is 5.37. The summed E-state index contributed by atoms with van der Waals surface area (Å²) in [6.07, 6.45) is 4.84. The monoisotopic (exact) mass is 284 g/mol. The molecule has 3 rings (SSSR count). The van der Waals surface area contributed by atoms with Gasteiger partial charge in [0.05, 0.1) is 5.52 Å². The maximum absolute atomic E-state index is 4.69. The Kier molecular flexibility index (Phi) is 4.23. The molecule has 1 aliphatic carbocycles. The Balaban J connectivity index is 1.90. The van der Waals surface area contributed by atoms with Gasteiger partial charge in [-0.15, -0.1) is 0 Å². The lowest BCUT2D eigenvalue weighted by atomic mass is 10.1. The van der Waals surface area contributed by atoms with E-state index in [0.29, 0.717) is 6.04 Å². The molecule has 4 heteroatoms. The summed E-state index contributed by atoms with van der Waals surface area (Å²) < 4.78 is 0. The van der Waals surface area contributed by atoms with E-state index >= 15 is 0 Å². The van der Waals surface area contributed by atoms with Crippen LogP contribution in [0.4, 0.5) is 11.8 Å². The van der Waals surface area contributed by atoms with Crippen LogP contribution in [0.2, 0.25) is 0 Å². The van der Waals surface area contributed by atoms with Gasteiger partial charge < -0.3 is 10.6 Å². The first-order chi connectivity index (χ1) is 10.3. The van der Waals surface area contributed by atoms with Gasteiger partial charge in [-0.25, -0.2) is 4.98 Å². The Morgan fingerprint density at radius 1 is 1.19 bits per heavy atom. The number of hydrogen-bond donors (Lipinski definition) is 2. The Bertz CT molecular complexity index is 611. The van der Waals surface area contributed by atoms with Crippen LogP contribution in [0, 0.1) is 5.92 Å². The van der Waals surface area contributed by atoms with Crippen molar-refractivity contribution in [1.82, 2.24) is 9.97 Å². The number of nitrogens with zero attached hydrogens (tertiary/aromatic N) is 2. The summed E-state index contributed by atoms with van der Waals surface area (Å²) in [6, 6.07) is 8.77. The molecule has 21 heavy (non-hydrogen) atoms. The molecule has 0 radical (unpaired) electrons. The molecular weight excluding hydrogens is 260 g/mol. The topological polar surface area (TPSA) is 49.8 Å². The van der Waals surface area contributed by atoms with Crippen molar-refractivity contribution >= 4 is 22.7 Å². The van der Waals surface area contributed by atoms with E-state index in [1.807, 2.05) is 12.1 Å². The molecule has 0 spiro atoms. The van der Waals surface area contributed by atoms with E-state index in [-0.39, 0.29) is 0 Å². The van der Waals surface area contributed by atoms with Crippen LogP contribution in [-0.2, 0) is 0 Å². The third kappa shape index (κ3) is 3.26. The van der Waals surface area contributed by atoms with Crippen LogP contribution in [-0.4, -0.2) is 22.6 Å². The second-order valence-corrected chi connectivity index (χ2v) is 6.10. The minimum atomic E-state index is 0.539. The first kappa shape index (κ1) is 14.1. The van der Waals surface area contributed by atoms with Crippen LogP contribution >= 0.6 is 0 Å². The van der Waals surface area contributed by atoms with Crippen LogP contribution < -0.4 is 10.6 Å². The molecule has 2 N–H and O–H groups in total. The van der Waals surface area contributed by atoms with Gasteiger partial charge in [-0.05, 0) is 43.7 Å². The minimum Gasteiger partial charge on any atom is -0.367 e. The zero-order chi connectivity index (χ0) is 14.7. The lowest BCUT2D eigenvalue weighted by Gasteiger charge is -2.16. The van der Waals surface area contributed by atoms with Crippen LogP contribution in [0.15, 0.2) is 24.3 Å². The highest BCUT2D eigenvalue weighted by molar-refractivity contribution is 5.90. The van der Waals surface area contributed by atoms with E-state index in [0.717, 1.165) is 41.6 Å². The molecule has 2 aromatic rings. The van der Waals surface area contributed by atoms with Crippen LogP contribution in [0.1, 0.15) is 39.5 Å². The van der Waals surface area contributed by atoms with Gasteiger partial charge in [0, 0.05) is 18.0 Å². The fourth-order valence-corrected chi connectivity index (χ4v) is 3.03. The molecule has 1 aliphatic rings.